The summed E-state index contributed by atoms with van der Waals surface area (Å²) >= 11 is 0. The number of amides is 1. The van der Waals surface area contributed by atoms with E-state index < -0.39 is 4.92 Å². The van der Waals surface area contributed by atoms with Gasteiger partial charge < -0.3 is 0 Å². The van der Waals surface area contributed by atoms with Gasteiger partial charge in [0.25, 0.3) is 5.69 Å². The van der Waals surface area contributed by atoms with Crippen LogP contribution in [0.4, 0.5) is 11.5 Å². The van der Waals surface area contributed by atoms with Crippen LogP contribution in [-0.4, -0.2) is 15.8 Å². The van der Waals surface area contributed by atoms with Gasteiger partial charge in [-0.1, -0.05) is 0 Å². The molecule has 4 aliphatic rings. The van der Waals surface area contributed by atoms with Crippen LogP contribution in [0.1, 0.15) is 38.5 Å². The van der Waals surface area contributed by atoms with Crippen LogP contribution in [0.25, 0.3) is 0 Å². The molecule has 4 bridgehead atoms. The summed E-state index contributed by atoms with van der Waals surface area (Å²) in [7, 11) is 0. The minimum Gasteiger partial charge on any atom is -0.282 e. The molecule has 23 heavy (non-hydrogen) atoms. The van der Waals surface area contributed by atoms with Crippen LogP contribution >= 0.6 is 0 Å². The predicted octanol–water partition coefficient (Wildman–Crippen LogP) is 2.65. The molecule has 1 aromatic heterocycles. The second-order valence-electron chi connectivity index (χ2n) is 7.44. The molecule has 1 amide bonds. The summed E-state index contributed by atoms with van der Waals surface area (Å²) in [5.41, 5.74) is 5.30. The summed E-state index contributed by atoms with van der Waals surface area (Å²) in [6.07, 6.45) is 8.07. The van der Waals surface area contributed by atoms with Gasteiger partial charge in [0.2, 0.25) is 5.91 Å². The van der Waals surface area contributed by atoms with E-state index in [0.717, 1.165) is 19.3 Å². The lowest BCUT2D eigenvalue weighted by molar-refractivity contribution is -0.385. The number of nitrogens with zero attached hydrogens (tertiary/aromatic N) is 2. The summed E-state index contributed by atoms with van der Waals surface area (Å²) < 4.78 is 0. The van der Waals surface area contributed by atoms with E-state index in [1.165, 1.54) is 37.6 Å². The van der Waals surface area contributed by atoms with Crippen molar-refractivity contribution in [2.45, 2.75) is 38.5 Å². The van der Waals surface area contributed by atoms with Crippen molar-refractivity contribution in [1.29, 1.82) is 0 Å². The quantitative estimate of drug-likeness (QED) is 0.657. The lowest BCUT2D eigenvalue weighted by Crippen LogP contribution is -2.54. The van der Waals surface area contributed by atoms with E-state index in [0.29, 0.717) is 23.6 Å². The van der Waals surface area contributed by atoms with Gasteiger partial charge in [-0.2, -0.15) is 0 Å². The average molecular weight is 316 g/mol. The van der Waals surface area contributed by atoms with Gasteiger partial charge in [-0.3, -0.25) is 25.8 Å². The first-order valence-electron chi connectivity index (χ1n) is 8.21. The van der Waals surface area contributed by atoms with Crippen molar-refractivity contribution in [3.8, 4) is 0 Å². The number of rotatable bonds is 4. The molecular formula is C16H20N4O3. The number of hydrazine groups is 1. The van der Waals surface area contributed by atoms with Crippen molar-refractivity contribution in [3.05, 3.63) is 28.4 Å². The molecule has 0 saturated heterocycles. The molecule has 2 N–H and O–H groups in total. The summed E-state index contributed by atoms with van der Waals surface area (Å²) in [5.74, 6) is 2.60. The molecule has 0 atom stereocenters. The van der Waals surface area contributed by atoms with Gasteiger partial charge in [-0.25, -0.2) is 4.98 Å². The van der Waals surface area contributed by atoms with Crippen molar-refractivity contribution in [3.63, 3.8) is 0 Å². The number of carbonyl (C=O) groups excluding carboxylic acids is 1. The Morgan fingerprint density at radius 2 is 1.78 bits per heavy atom. The highest BCUT2D eigenvalue weighted by atomic mass is 16.6. The maximum Gasteiger partial charge on any atom is 0.287 e. The zero-order chi connectivity index (χ0) is 16.0. The summed E-state index contributed by atoms with van der Waals surface area (Å²) in [6.45, 7) is 0. The standard InChI is InChI=1S/C16H20N4O3/c21-15(19-18-14-2-1-13(9-17-14)20(22)23)16-6-10-3-11(7-16)5-12(4-10)8-16/h1-2,9-12H,3-8H2,(H,17,18)(H,19,21). The first kappa shape index (κ1) is 14.4. The second-order valence-corrected chi connectivity index (χ2v) is 7.44. The van der Waals surface area contributed by atoms with Crippen molar-refractivity contribution < 1.29 is 9.72 Å². The Hall–Kier alpha value is -2.18. The molecule has 5 rings (SSSR count). The largest absolute Gasteiger partial charge is 0.287 e. The van der Waals surface area contributed by atoms with Crippen LogP contribution in [0.15, 0.2) is 18.3 Å². The fraction of sp³-hybridized carbons (Fsp3) is 0.625. The molecule has 122 valence electrons. The van der Waals surface area contributed by atoms with Gasteiger partial charge in [0.1, 0.15) is 12.0 Å². The molecule has 0 unspecified atom stereocenters. The first-order valence-corrected chi connectivity index (χ1v) is 8.21. The summed E-state index contributed by atoms with van der Waals surface area (Å²) in [6, 6.07) is 2.87. The smallest absolute Gasteiger partial charge is 0.282 e. The number of hydrogen-bond donors (Lipinski definition) is 2. The van der Waals surface area contributed by atoms with Gasteiger partial charge in [-0.15, -0.1) is 0 Å². The van der Waals surface area contributed by atoms with Crippen LogP contribution in [0.3, 0.4) is 0 Å². The average Bonchev–Trinajstić information content (AvgIpc) is 2.51. The second kappa shape index (κ2) is 5.18. The topological polar surface area (TPSA) is 97.2 Å². The van der Waals surface area contributed by atoms with Crippen LogP contribution in [0.2, 0.25) is 0 Å². The third-order valence-corrected chi connectivity index (χ3v) is 5.78. The Morgan fingerprint density at radius 1 is 1.17 bits per heavy atom. The van der Waals surface area contributed by atoms with E-state index in [2.05, 4.69) is 15.8 Å². The lowest BCUT2D eigenvalue weighted by atomic mass is 9.49. The lowest BCUT2D eigenvalue weighted by Gasteiger charge is -2.55. The Morgan fingerprint density at radius 3 is 2.26 bits per heavy atom. The Kier molecular flexibility index (Phi) is 3.25. The van der Waals surface area contributed by atoms with Gasteiger partial charge in [-0.05, 0) is 62.3 Å². The molecule has 7 heteroatoms. The summed E-state index contributed by atoms with van der Waals surface area (Å²) in [5, 5.41) is 10.6. The van der Waals surface area contributed by atoms with Gasteiger partial charge in [0, 0.05) is 6.07 Å². The van der Waals surface area contributed by atoms with Crippen molar-refractivity contribution in [2.24, 2.45) is 23.2 Å². The molecule has 0 aromatic carbocycles. The van der Waals surface area contributed by atoms with Crippen LogP contribution in [-0.2, 0) is 4.79 Å². The first-order chi connectivity index (χ1) is 11.0. The number of pyridine rings is 1. The highest BCUT2D eigenvalue weighted by molar-refractivity contribution is 5.84. The van der Waals surface area contributed by atoms with Gasteiger partial charge in [0.05, 0.1) is 10.3 Å². The number of hydrogen-bond acceptors (Lipinski definition) is 5. The van der Waals surface area contributed by atoms with E-state index in [1.54, 1.807) is 0 Å². The zero-order valence-corrected chi connectivity index (χ0v) is 12.8. The number of aromatic nitrogens is 1. The molecule has 4 aliphatic carbocycles. The zero-order valence-electron chi connectivity index (χ0n) is 12.8. The van der Waals surface area contributed by atoms with Crippen LogP contribution in [0, 0.1) is 33.3 Å². The minimum atomic E-state index is -0.495. The molecule has 0 radical (unpaired) electrons. The van der Waals surface area contributed by atoms with E-state index in [9.17, 15) is 14.9 Å². The van der Waals surface area contributed by atoms with Crippen LogP contribution < -0.4 is 10.9 Å². The number of carbonyl (C=O) groups is 1. The molecule has 4 saturated carbocycles. The number of anilines is 1. The van der Waals surface area contributed by atoms with Gasteiger partial charge >= 0.3 is 0 Å². The fourth-order valence-corrected chi connectivity index (χ4v) is 5.21. The minimum absolute atomic E-state index is 0.0525. The predicted molar refractivity (Wildman–Crippen MR) is 83.3 cm³/mol. The fourth-order valence-electron chi connectivity index (χ4n) is 5.21. The highest BCUT2D eigenvalue weighted by Gasteiger charge is 2.54. The monoisotopic (exact) mass is 316 g/mol. The maximum absolute atomic E-state index is 12.7. The van der Waals surface area contributed by atoms with Crippen LogP contribution in [0.5, 0.6) is 0 Å². The van der Waals surface area contributed by atoms with E-state index in [1.807, 2.05) is 0 Å². The Bertz CT molecular complexity index is 608. The van der Waals surface area contributed by atoms with E-state index in [4.69, 9.17) is 0 Å². The molecule has 1 heterocycles. The van der Waals surface area contributed by atoms with Crippen molar-refractivity contribution >= 4 is 17.4 Å². The van der Waals surface area contributed by atoms with Crippen molar-refractivity contribution in [1.82, 2.24) is 10.4 Å². The molecule has 7 nitrogen and oxygen atoms in total. The SMILES string of the molecule is O=C(NNc1ccc([N+](=O)[O-])cn1)C12CC3CC(CC(C3)C1)C2. The molecule has 0 spiro atoms. The third-order valence-electron chi connectivity index (χ3n) is 5.78. The molecule has 1 aromatic rings. The highest BCUT2D eigenvalue weighted by Crippen LogP contribution is 2.60. The number of nitrogens with one attached hydrogen (secondary N) is 2. The Labute approximate surface area is 134 Å². The number of nitro groups is 1. The molecule has 4 fully saturated rings. The Balaban J connectivity index is 1.41. The molecule has 0 aliphatic heterocycles. The molecular weight excluding hydrogens is 296 g/mol. The summed E-state index contributed by atoms with van der Waals surface area (Å²) in [4.78, 5) is 26.8. The van der Waals surface area contributed by atoms with Gasteiger partial charge in [0.15, 0.2) is 0 Å². The van der Waals surface area contributed by atoms with E-state index in [-0.39, 0.29) is 17.0 Å². The van der Waals surface area contributed by atoms with Crippen molar-refractivity contribution in [2.75, 3.05) is 5.43 Å². The van der Waals surface area contributed by atoms with E-state index >= 15 is 0 Å². The third kappa shape index (κ3) is 2.54. The normalized spacial score (nSPS) is 34.2. The maximum atomic E-state index is 12.7.